The second kappa shape index (κ2) is 6.31. The summed E-state index contributed by atoms with van der Waals surface area (Å²) in [5, 5.41) is 0. The maximum absolute atomic E-state index is 12.3. The molecule has 0 bridgehead atoms. The molecule has 1 atom stereocenters. The van der Waals surface area contributed by atoms with E-state index in [4.69, 9.17) is 5.73 Å². The van der Waals surface area contributed by atoms with Gasteiger partial charge in [0.05, 0.1) is 5.56 Å². The fraction of sp³-hybridized carbons (Fsp3) is 0.417. The minimum atomic E-state index is -0.00859. The van der Waals surface area contributed by atoms with Gasteiger partial charge in [-0.15, -0.1) is 0 Å². The van der Waals surface area contributed by atoms with Gasteiger partial charge in [0.1, 0.15) is 0 Å². The van der Waals surface area contributed by atoms with E-state index in [0.29, 0.717) is 11.3 Å². The van der Waals surface area contributed by atoms with Gasteiger partial charge < -0.3 is 10.6 Å². The smallest absolute Gasteiger partial charge is 0.255 e. The summed E-state index contributed by atoms with van der Waals surface area (Å²) >= 11 is 5.11. The van der Waals surface area contributed by atoms with Crippen LogP contribution in [0.3, 0.4) is 0 Å². The van der Waals surface area contributed by atoms with Crippen molar-refractivity contribution in [2.75, 3.05) is 24.8 Å². The lowest BCUT2D eigenvalue weighted by Crippen LogP contribution is -2.36. The lowest BCUT2D eigenvalue weighted by molar-refractivity contribution is 0.0756. The maximum atomic E-state index is 12.3. The van der Waals surface area contributed by atoms with E-state index in [0.717, 1.165) is 10.2 Å². The van der Waals surface area contributed by atoms with Crippen LogP contribution in [0.2, 0.25) is 0 Å². The molecule has 0 aromatic heterocycles. The van der Waals surface area contributed by atoms with Crippen LogP contribution in [-0.2, 0) is 0 Å². The summed E-state index contributed by atoms with van der Waals surface area (Å²) in [5.74, 6) is 0.910. The van der Waals surface area contributed by atoms with Crippen molar-refractivity contribution < 1.29 is 4.79 Å². The number of nitrogen functional groups attached to an aromatic ring is 1. The molecule has 3 nitrogen and oxygen atoms in total. The Labute approximate surface area is 115 Å². The van der Waals surface area contributed by atoms with Crippen molar-refractivity contribution in [3.05, 3.63) is 28.2 Å². The van der Waals surface area contributed by atoms with Crippen LogP contribution < -0.4 is 5.73 Å². The standard InChI is InChI=1S/C12H17BrN2OS/c1-8(7-17-3)15(2)12(16)10-6-9(14)4-5-11(10)13/h4-6,8H,7,14H2,1-3H3. The van der Waals surface area contributed by atoms with Gasteiger partial charge in [-0.05, 0) is 47.3 Å². The first kappa shape index (κ1) is 14.4. The number of hydrogen-bond acceptors (Lipinski definition) is 3. The first-order valence-electron chi connectivity index (χ1n) is 5.28. The average Bonchev–Trinajstić information content (AvgIpc) is 2.30. The van der Waals surface area contributed by atoms with E-state index < -0.39 is 0 Å². The number of nitrogens with zero attached hydrogens (tertiary/aromatic N) is 1. The van der Waals surface area contributed by atoms with E-state index in [1.54, 1.807) is 34.9 Å². The first-order chi connectivity index (χ1) is 7.97. The number of benzene rings is 1. The highest BCUT2D eigenvalue weighted by Crippen LogP contribution is 2.21. The van der Waals surface area contributed by atoms with E-state index >= 15 is 0 Å². The highest BCUT2D eigenvalue weighted by molar-refractivity contribution is 9.10. The molecule has 0 saturated carbocycles. The number of nitrogens with two attached hydrogens (primary N) is 1. The topological polar surface area (TPSA) is 46.3 Å². The number of carbonyl (C=O) groups is 1. The quantitative estimate of drug-likeness (QED) is 0.869. The van der Waals surface area contributed by atoms with Gasteiger partial charge in [-0.3, -0.25) is 4.79 Å². The van der Waals surface area contributed by atoms with Gasteiger partial charge in [0.25, 0.3) is 5.91 Å². The van der Waals surface area contributed by atoms with Crippen LogP contribution >= 0.6 is 27.7 Å². The SMILES string of the molecule is CSCC(C)N(C)C(=O)c1cc(N)ccc1Br. The number of amides is 1. The maximum Gasteiger partial charge on any atom is 0.255 e. The fourth-order valence-electron chi connectivity index (χ4n) is 1.45. The monoisotopic (exact) mass is 316 g/mol. The summed E-state index contributed by atoms with van der Waals surface area (Å²) in [5.41, 5.74) is 6.92. The number of rotatable bonds is 4. The Kier molecular flexibility index (Phi) is 5.33. The van der Waals surface area contributed by atoms with Gasteiger partial charge in [0.2, 0.25) is 0 Å². The highest BCUT2D eigenvalue weighted by Gasteiger charge is 2.19. The zero-order valence-corrected chi connectivity index (χ0v) is 12.6. The molecule has 5 heteroatoms. The van der Waals surface area contributed by atoms with Crippen molar-refractivity contribution in [1.82, 2.24) is 4.90 Å². The third-order valence-electron chi connectivity index (χ3n) is 2.61. The number of anilines is 1. The van der Waals surface area contributed by atoms with Crippen LogP contribution in [0.25, 0.3) is 0 Å². The molecule has 0 aliphatic rings. The zero-order valence-electron chi connectivity index (χ0n) is 10.2. The molecule has 1 aromatic carbocycles. The van der Waals surface area contributed by atoms with Crippen molar-refractivity contribution in [2.45, 2.75) is 13.0 Å². The molecule has 1 unspecified atom stereocenters. The van der Waals surface area contributed by atoms with E-state index in [1.165, 1.54) is 0 Å². The summed E-state index contributed by atoms with van der Waals surface area (Å²) in [7, 11) is 1.82. The van der Waals surface area contributed by atoms with E-state index in [2.05, 4.69) is 15.9 Å². The van der Waals surface area contributed by atoms with Gasteiger partial charge in [0, 0.05) is 29.0 Å². The molecule has 0 aliphatic carbocycles. The molecule has 0 heterocycles. The Balaban J connectivity index is 2.92. The summed E-state index contributed by atoms with van der Waals surface area (Å²) in [4.78, 5) is 14.0. The Hall–Kier alpha value is -0.680. The van der Waals surface area contributed by atoms with Gasteiger partial charge in [-0.2, -0.15) is 11.8 Å². The summed E-state index contributed by atoms with van der Waals surface area (Å²) < 4.78 is 0.778. The number of halogens is 1. The van der Waals surface area contributed by atoms with Crippen molar-refractivity contribution >= 4 is 39.3 Å². The van der Waals surface area contributed by atoms with Crippen LogP contribution in [-0.4, -0.2) is 35.9 Å². The third kappa shape index (κ3) is 3.64. The molecule has 0 saturated heterocycles. The lowest BCUT2D eigenvalue weighted by atomic mass is 10.1. The third-order valence-corrected chi connectivity index (χ3v) is 4.12. The van der Waals surface area contributed by atoms with Crippen LogP contribution in [0.4, 0.5) is 5.69 Å². The first-order valence-corrected chi connectivity index (χ1v) is 7.47. The van der Waals surface area contributed by atoms with Crippen LogP contribution in [0.15, 0.2) is 22.7 Å². The molecule has 2 N–H and O–H groups in total. The minimum absolute atomic E-state index is 0.00859. The van der Waals surface area contributed by atoms with E-state index in [1.807, 2.05) is 20.2 Å². The van der Waals surface area contributed by atoms with Crippen LogP contribution in [0.5, 0.6) is 0 Å². The average molecular weight is 317 g/mol. The Morgan fingerprint density at radius 1 is 1.59 bits per heavy atom. The van der Waals surface area contributed by atoms with Gasteiger partial charge in [-0.25, -0.2) is 0 Å². The van der Waals surface area contributed by atoms with Gasteiger partial charge in [0.15, 0.2) is 0 Å². The van der Waals surface area contributed by atoms with Crippen LogP contribution in [0.1, 0.15) is 17.3 Å². The van der Waals surface area contributed by atoms with Crippen molar-refractivity contribution in [3.63, 3.8) is 0 Å². The number of carbonyl (C=O) groups excluding carboxylic acids is 1. The Morgan fingerprint density at radius 2 is 2.24 bits per heavy atom. The molecule has 0 spiro atoms. The van der Waals surface area contributed by atoms with E-state index in [-0.39, 0.29) is 11.9 Å². The summed E-state index contributed by atoms with van der Waals surface area (Å²) in [6.07, 6.45) is 2.03. The molecule has 0 aliphatic heterocycles. The minimum Gasteiger partial charge on any atom is -0.399 e. The molecule has 94 valence electrons. The molecule has 0 fully saturated rings. The zero-order chi connectivity index (χ0) is 13.0. The van der Waals surface area contributed by atoms with Crippen molar-refractivity contribution in [1.29, 1.82) is 0 Å². The molecule has 1 amide bonds. The predicted molar refractivity (Wildman–Crippen MR) is 78.5 cm³/mol. The molecule has 17 heavy (non-hydrogen) atoms. The second-order valence-electron chi connectivity index (χ2n) is 3.96. The fourth-order valence-corrected chi connectivity index (χ4v) is 2.57. The summed E-state index contributed by atoms with van der Waals surface area (Å²) in [6.45, 7) is 2.04. The Morgan fingerprint density at radius 3 is 2.82 bits per heavy atom. The van der Waals surface area contributed by atoms with Gasteiger partial charge >= 0.3 is 0 Å². The van der Waals surface area contributed by atoms with Crippen LogP contribution in [0, 0.1) is 0 Å². The number of thioether (sulfide) groups is 1. The van der Waals surface area contributed by atoms with Crippen molar-refractivity contribution in [3.8, 4) is 0 Å². The normalized spacial score (nSPS) is 12.2. The summed E-state index contributed by atoms with van der Waals surface area (Å²) in [6, 6.07) is 5.47. The van der Waals surface area contributed by atoms with Gasteiger partial charge in [-0.1, -0.05) is 0 Å². The second-order valence-corrected chi connectivity index (χ2v) is 5.72. The molecule has 1 aromatic rings. The Bertz CT molecular complexity index is 411. The molecule has 1 rings (SSSR count). The predicted octanol–water partition coefficient (Wildman–Crippen LogP) is 2.85. The lowest BCUT2D eigenvalue weighted by Gasteiger charge is -2.25. The van der Waals surface area contributed by atoms with Crippen molar-refractivity contribution in [2.24, 2.45) is 0 Å². The highest BCUT2D eigenvalue weighted by atomic mass is 79.9. The van der Waals surface area contributed by atoms with E-state index in [9.17, 15) is 4.79 Å². The molecular weight excluding hydrogens is 300 g/mol. The number of hydrogen-bond donors (Lipinski definition) is 1. The molecular formula is C12H17BrN2OS. The molecule has 0 radical (unpaired) electrons. The largest absolute Gasteiger partial charge is 0.399 e.